The zero-order valence-electron chi connectivity index (χ0n) is 20.3. The Morgan fingerprint density at radius 3 is 2.68 bits per heavy atom. The second-order valence-corrected chi connectivity index (χ2v) is 11.1. The molecule has 3 atom stereocenters. The number of nitrogens with zero attached hydrogens (tertiary/aromatic N) is 4. The van der Waals surface area contributed by atoms with Gasteiger partial charge in [-0.25, -0.2) is 13.4 Å². The van der Waals surface area contributed by atoms with Crippen molar-refractivity contribution in [3.63, 3.8) is 0 Å². The van der Waals surface area contributed by atoms with Crippen molar-refractivity contribution >= 4 is 38.5 Å². The molecule has 1 aromatic carbocycles. The molecule has 0 bridgehead atoms. The lowest BCUT2D eigenvalue weighted by molar-refractivity contribution is -0.138. The number of likely N-dealkylation sites (tertiary alicyclic amines) is 1. The minimum Gasteiger partial charge on any atom is -0.340 e. The molecule has 0 spiro atoms. The zero-order valence-corrected chi connectivity index (χ0v) is 21.1. The van der Waals surface area contributed by atoms with Crippen LogP contribution in [0.2, 0.25) is 0 Å². The number of nitrogens with one attached hydrogen (secondary N) is 1. The van der Waals surface area contributed by atoms with Crippen LogP contribution in [0.1, 0.15) is 36.5 Å². The monoisotopic (exact) mass is 521 g/mol. The number of rotatable bonds is 7. The number of carbonyl (C=O) groups excluding carboxylic acids is 3. The van der Waals surface area contributed by atoms with Crippen molar-refractivity contribution in [1.29, 1.82) is 0 Å². The predicted molar refractivity (Wildman–Crippen MR) is 135 cm³/mol. The van der Waals surface area contributed by atoms with Gasteiger partial charge in [-0.15, -0.1) is 0 Å². The summed E-state index contributed by atoms with van der Waals surface area (Å²) in [4.78, 5) is 49.3. The van der Waals surface area contributed by atoms with E-state index in [1.807, 2.05) is 13.0 Å². The van der Waals surface area contributed by atoms with Gasteiger partial charge in [0.1, 0.15) is 12.1 Å². The van der Waals surface area contributed by atoms with Crippen LogP contribution in [0.3, 0.4) is 0 Å². The summed E-state index contributed by atoms with van der Waals surface area (Å²) in [5, 5.41) is 3.51. The van der Waals surface area contributed by atoms with Crippen molar-refractivity contribution in [1.82, 2.24) is 24.5 Å². The van der Waals surface area contributed by atoms with Crippen molar-refractivity contribution in [2.24, 2.45) is 0 Å². The summed E-state index contributed by atoms with van der Waals surface area (Å²) in [5.74, 6) is -1.11. The normalized spacial score (nSPS) is 20.7. The molecule has 0 radical (unpaired) electrons. The number of benzene rings is 1. The van der Waals surface area contributed by atoms with E-state index in [9.17, 15) is 22.8 Å². The fourth-order valence-corrected chi connectivity index (χ4v) is 6.72. The first-order valence-electron chi connectivity index (χ1n) is 12.2. The molecule has 1 N–H and O–H groups in total. The summed E-state index contributed by atoms with van der Waals surface area (Å²) in [5.41, 5.74) is 1.16. The number of Topliss-reactive ketones (excluding diaryl/α,β-unsaturated/α-hetero) is 1. The zero-order chi connectivity index (χ0) is 26.2. The van der Waals surface area contributed by atoms with Crippen LogP contribution in [0.5, 0.6) is 0 Å². The van der Waals surface area contributed by atoms with E-state index in [2.05, 4.69) is 15.3 Å². The number of pyridine rings is 2. The third-order valence-electron chi connectivity index (χ3n) is 6.92. The lowest BCUT2D eigenvalue weighted by Crippen LogP contribution is -2.52. The molecule has 0 saturated carbocycles. The van der Waals surface area contributed by atoms with Crippen LogP contribution < -0.4 is 5.32 Å². The van der Waals surface area contributed by atoms with Gasteiger partial charge in [0, 0.05) is 29.9 Å². The number of aromatic nitrogens is 2. The van der Waals surface area contributed by atoms with Crippen molar-refractivity contribution in [2.75, 3.05) is 13.1 Å². The van der Waals surface area contributed by atoms with E-state index < -0.39 is 34.1 Å². The molecule has 2 amide bonds. The molecular formula is C26H27N5O5S. The van der Waals surface area contributed by atoms with Crippen LogP contribution in [0.4, 0.5) is 0 Å². The predicted octanol–water partition coefficient (Wildman–Crippen LogP) is 1.77. The highest BCUT2D eigenvalue weighted by Gasteiger charge is 2.54. The molecule has 5 rings (SSSR count). The van der Waals surface area contributed by atoms with E-state index in [-0.39, 0.29) is 29.8 Å². The summed E-state index contributed by atoms with van der Waals surface area (Å²) in [6.07, 6.45) is 4.41. The highest BCUT2D eigenvalue weighted by molar-refractivity contribution is 7.89. The van der Waals surface area contributed by atoms with Crippen LogP contribution in [0, 0.1) is 0 Å². The Kier molecular flexibility index (Phi) is 6.74. The van der Waals surface area contributed by atoms with Crippen LogP contribution in [0.15, 0.2) is 66.0 Å². The number of ketones is 1. The lowest BCUT2D eigenvalue weighted by Gasteiger charge is -2.28. The van der Waals surface area contributed by atoms with Gasteiger partial charge in [0.05, 0.1) is 18.1 Å². The second kappa shape index (κ2) is 9.98. The number of hydrogen-bond acceptors (Lipinski definition) is 7. The Morgan fingerprint density at radius 1 is 1.11 bits per heavy atom. The van der Waals surface area contributed by atoms with E-state index >= 15 is 0 Å². The first-order valence-corrected chi connectivity index (χ1v) is 13.7. The Morgan fingerprint density at radius 2 is 1.92 bits per heavy atom. The fourth-order valence-electron chi connectivity index (χ4n) is 5.17. The lowest BCUT2D eigenvalue weighted by atomic mass is 10.1. The molecule has 2 aliphatic rings. The van der Waals surface area contributed by atoms with Crippen molar-refractivity contribution < 1.29 is 22.8 Å². The van der Waals surface area contributed by atoms with Crippen LogP contribution >= 0.6 is 0 Å². The van der Waals surface area contributed by atoms with Crippen LogP contribution in [-0.4, -0.2) is 76.4 Å². The minimum absolute atomic E-state index is 0.130. The topological polar surface area (TPSA) is 130 Å². The number of fused-ring (bicyclic) bond motifs is 2. The van der Waals surface area contributed by atoms with Crippen molar-refractivity contribution in [2.45, 2.75) is 49.3 Å². The second-order valence-electron chi connectivity index (χ2n) is 9.24. The maximum Gasteiger partial charge on any atom is 0.261 e. The van der Waals surface area contributed by atoms with E-state index in [0.29, 0.717) is 24.8 Å². The number of sulfonamides is 1. The Hall–Kier alpha value is -3.70. The summed E-state index contributed by atoms with van der Waals surface area (Å²) in [6, 6.07) is 11.0. The minimum atomic E-state index is -3.99. The molecule has 11 heteroatoms. The average Bonchev–Trinajstić information content (AvgIpc) is 3.49. The summed E-state index contributed by atoms with van der Waals surface area (Å²) in [6.45, 7) is 1.82. The molecule has 37 heavy (non-hydrogen) atoms. The SMILES string of the molecule is CCCC(NC(=O)c1ccc2ncccc2c1)C(=O)N1CCC2C1C(=O)CN2S(=O)(=O)c1ccccn1. The Balaban J connectivity index is 1.34. The van der Waals surface area contributed by atoms with Crippen LogP contribution in [-0.2, 0) is 19.6 Å². The van der Waals surface area contributed by atoms with Gasteiger partial charge in [-0.3, -0.25) is 19.4 Å². The van der Waals surface area contributed by atoms with Gasteiger partial charge in [-0.2, -0.15) is 4.31 Å². The summed E-state index contributed by atoms with van der Waals surface area (Å²) in [7, 11) is -3.99. The highest BCUT2D eigenvalue weighted by Crippen LogP contribution is 2.34. The maximum absolute atomic E-state index is 13.6. The third kappa shape index (κ3) is 4.60. The average molecular weight is 522 g/mol. The van der Waals surface area contributed by atoms with Gasteiger partial charge in [-0.1, -0.05) is 25.5 Å². The number of carbonyl (C=O) groups is 3. The van der Waals surface area contributed by atoms with E-state index in [0.717, 1.165) is 15.2 Å². The van der Waals surface area contributed by atoms with Gasteiger partial charge < -0.3 is 10.2 Å². The molecular weight excluding hydrogens is 494 g/mol. The van der Waals surface area contributed by atoms with Crippen molar-refractivity contribution in [3.8, 4) is 0 Å². The van der Waals surface area contributed by atoms with Gasteiger partial charge in [0.25, 0.3) is 15.9 Å². The first-order chi connectivity index (χ1) is 17.8. The quantitative estimate of drug-likeness (QED) is 0.502. The highest BCUT2D eigenvalue weighted by atomic mass is 32.2. The molecule has 2 aromatic heterocycles. The number of hydrogen-bond donors (Lipinski definition) is 1. The molecule has 2 saturated heterocycles. The standard InChI is InChI=1S/C26H27N5O5S/c1-2-6-20(29-25(33)18-9-10-19-17(15-18)7-5-13-27-19)26(34)30-14-11-21-24(30)22(32)16-31(21)37(35,36)23-8-3-4-12-28-23/h3-5,7-10,12-13,15,20-21,24H,2,6,11,14,16H2,1H3,(H,29,33). The smallest absolute Gasteiger partial charge is 0.261 e. The largest absolute Gasteiger partial charge is 0.340 e. The molecule has 0 aliphatic carbocycles. The molecule has 2 fully saturated rings. The third-order valence-corrected chi connectivity index (χ3v) is 8.70. The Labute approximate surface area is 214 Å². The van der Waals surface area contributed by atoms with Gasteiger partial charge >= 0.3 is 0 Å². The van der Waals surface area contributed by atoms with E-state index in [1.54, 1.807) is 42.6 Å². The van der Waals surface area contributed by atoms with Gasteiger partial charge in [0.15, 0.2) is 10.8 Å². The van der Waals surface area contributed by atoms with Gasteiger partial charge in [-0.05, 0) is 49.2 Å². The Bertz CT molecular complexity index is 1460. The molecule has 3 unspecified atom stereocenters. The van der Waals surface area contributed by atoms with Crippen molar-refractivity contribution in [3.05, 3.63) is 66.5 Å². The van der Waals surface area contributed by atoms with Crippen LogP contribution in [0.25, 0.3) is 10.9 Å². The molecule has 2 aliphatic heterocycles. The number of amides is 2. The molecule has 10 nitrogen and oxygen atoms in total. The summed E-state index contributed by atoms with van der Waals surface area (Å²) < 4.78 is 27.5. The molecule has 4 heterocycles. The van der Waals surface area contributed by atoms with E-state index in [1.165, 1.54) is 17.2 Å². The molecule has 192 valence electrons. The maximum atomic E-state index is 13.6. The fraction of sp³-hybridized carbons (Fsp3) is 0.346. The van der Waals surface area contributed by atoms with Gasteiger partial charge in [0.2, 0.25) is 5.91 Å². The van der Waals surface area contributed by atoms with E-state index in [4.69, 9.17) is 0 Å². The molecule has 3 aromatic rings. The summed E-state index contributed by atoms with van der Waals surface area (Å²) >= 11 is 0. The first kappa shape index (κ1) is 25.0.